The van der Waals surface area contributed by atoms with Gasteiger partial charge in [0.2, 0.25) is 0 Å². The smallest absolute Gasteiger partial charge is 0.275 e. The van der Waals surface area contributed by atoms with Crippen LogP contribution >= 0.6 is 0 Å². The summed E-state index contributed by atoms with van der Waals surface area (Å²) in [5, 5.41) is 19.6. The van der Waals surface area contributed by atoms with Crippen LogP contribution in [0.3, 0.4) is 0 Å². The standard InChI is InChI=1S/C8H9NO3/c1-6(10)7-4-2-3-5-8(7)9(11)12/h2-6,10H,1H3/i10+2. The van der Waals surface area contributed by atoms with E-state index < -0.39 is 11.0 Å². The first kappa shape index (κ1) is 8.67. The minimum absolute atomic E-state index is 0.0347. The SMILES string of the molecule is CC([18OH])c1ccccc1[N+](=O)[O-]. The predicted molar refractivity (Wildman–Crippen MR) is 43.7 cm³/mol. The molecule has 1 unspecified atom stereocenters. The number of aliphatic hydroxyl groups excluding tert-OH is 1. The highest BCUT2D eigenvalue weighted by Gasteiger charge is 2.15. The maximum atomic E-state index is 10.4. The second-order valence-electron chi connectivity index (χ2n) is 2.49. The number of para-hydroxylation sites is 1. The lowest BCUT2D eigenvalue weighted by molar-refractivity contribution is -0.386. The van der Waals surface area contributed by atoms with Crippen molar-refractivity contribution in [2.75, 3.05) is 0 Å². The molecule has 12 heavy (non-hydrogen) atoms. The first-order valence-corrected chi connectivity index (χ1v) is 3.54. The van der Waals surface area contributed by atoms with Crippen molar-refractivity contribution in [3.8, 4) is 0 Å². The van der Waals surface area contributed by atoms with E-state index in [-0.39, 0.29) is 5.69 Å². The Bertz CT molecular complexity index is 296. The van der Waals surface area contributed by atoms with Crippen LogP contribution in [0.2, 0.25) is 0 Å². The first-order chi connectivity index (χ1) is 5.63. The van der Waals surface area contributed by atoms with E-state index in [1.807, 2.05) is 0 Å². The molecule has 0 bridgehead atoms. The molecule has 1 aromatic rings. The lowest BCUT2D eigenvalue weighted by Crippen LogP contribution is -1.98. The number of aliphatic hydroxyl groups is 1. The summed E-state index contributed by atoms with van der Waals surface area (Å²) in [4.78, 5) is 9.92. The van der Waals surface area contributed by atoms with E-state index in [2.05, 4.69) is 0 Å². The molecule has 1 atom stereocenters. The third kappa shape index (κ3) is 1.60. The summed E-state index contributed by atoms with van der Waals surface area (Å²) in [6.45, 7) is 1.50. The fraction of sp³-hybridized carbons (Fsp3) is 0.250. The Hall–Kier alpha value is -1.42. The average molecular weight is 169 g/mol. The van der Waals surface area contributed by atoms with Gasteiger partial charge in [-0.3, -0.25) is 10.1 Å². The van der Waals surface area contributed by atoms with Gasteiger partial charge in [-0.2, -0.15) is 0 Å². The van der Waals surface area contributed by atoms with Crippen LogP contribution in [0.5, 0.6) is 0 Å². The molecule has 0 saturated carbocycles. The van der Waals surface area contributed by atoms with Gasteiger partial charge in [-0.1, -0.05) is 12.1 Å². The van der Waals surface area contributed by atoms with Gasteiger partial charge >= 0.3 is 0 Å². The minimum atomic E-state index is -0.799. The van der Waals surface area contributed by atoms with Gasteiger partial charge in [0.1, 0.15) is 0 Å². The molecule has 0 spiro atoms. The maximum absolute atomic E-state index is 10.4. The molecule has 0 radical (unpaired) electrons. The fourth-order valence-corrected chi connectivity index (χ4v) is 1.01. The van der Waals surface area contributed by atoms with Crippen molar-refractivity contribution in [1.82, 2.24) is 0 Å². The highest BCUT2D eigenvalue weighted by Crippen LogP contribution is 2.23. The number of nitrogens with zero attached hydrogens (tertiary/aromatic N) is 1. The quantitative estimate of drug-likeness (QED) is 0.416. The fourth-order valence-electron chi connectivity index (χ4n) is 1.01. The van der Waals surface area contributed by atoms with Crippen LogP contribution in [-0.4, -0.2) is 10.0 Å². The zero-order valence-electron chi connectivity index (χ0n) is 6.60. The van der Waals surface area contributed by atoms with Crippen LogP contribution in [0.15, 0.2) is 24.3 Å². The Morgan fingerprint density at radius 1 is 1.50 bits per heavy atom. The number of hydrogen-bond acceptors (Lipinski definition) is 3. The maximum Gasteiger partial charge on any atom is 0.275 e. The van der Waals surface area contributed by atoms with Gasteiger partial charge in [-0.25, -0.2) is 0 Å². The van der Waals surface area contributed by atoms with Gasteiger partial charge in [-0.15, -0.1) is 0 Å². The summed E-state index contributed by atoms with van der Waals surface area (Å²) >= 11 is 0. The largest absolute Gasteiger partial charge is 0.388 e. The highest BCUT2D eigenvalue weighted by molar-refractivity contribution is 5.40. The molecule has 0 aliphatic rings. The van der Waals surface area contributed by atoms with Crippen LogP contribution in [0.25, 0.3) is 0 Å². The second-order valence-corrected chi connectivity index (χ2v) is 2.49. The lowest BCUT2D eigenvalue weighted by atomic mass is 10.1. The summed E-state index contributed by atoms with van der Waals surface area (Å²) in [6.07, 6.45) is -0.799. The first-order valence-electron chi connectivity index (χ1n) is 3.54. The number of nitro benzene ring substituents is 1. The normalized spacial score (nSPS) is 12.5. The molecule has 4 nitrogen and oxygen atoms in total. The molecule has 0 amide bonds. The average Bonchev–Trinajstić information content (AvgIpc) is 2.04. The monoisotopic (exact) mass is 169 g/mol. The summed E-state index contributed by atoms with van der Waals surface area (Å²) in [7, 11) is 0. The van der Waals surface area contributed by atoms with Crippen LogP contribution in [0, 0.1) is 10.1 Å². The number of benzene rings is 1. The zero-order valence-corrected chi connectivity index (χ0v) is 6.60. The molecule has 1 rings (SSSR count). The van der Waals surface area contributed by atoms with Crippen molar-refractivity contribution >= 4 is 5.69 Å². The van der Waals surface area contributed by atoms with Crippen molar-refractivity contribution in [3.63, 3.8) is 0 Å². The molecular formula is C8H9NO3. The number of nitro groups is 1. The van der Waals surface area contributed by atoms with E-state index in [0.29, 0.717) is 5.56 Å². The van der Waals surface area contributed by atoms with Gasteiger partial charge in [-0.05, 0) is 13.0 Å². The van der Waals surface area contributed by atoms with Crippen LogP contribution < -0.4 is 0 Å². The molecule has 0 fully saturated rings. The highest BCUT2D eigenvalue weighted by atomic mass is 18.2. The van der Waals surface area contributed by atoms with Crippen molar-refractivity contribution < 1.29 is 10.0 Å². The van der Waals surface area contributed by atoms with Gasteiger partial charge in [0.15, 0.2) is 0 Å². The van der Waals surface area contributed by atoms with E-state index >= 15 is 0 Å². The van der Waals surface area contributed by atoms with E-state index in [1.165, 1.54) is 13.0 Å². The minimum Gasteiger partial charge on any atom is -0.388 e. The number of rotatable bonds is 2. The van der Waals surface area contributed by atoms with Crippen molar-refractivity contribution in [1.29, 1.82) is 0 Å². The molecule has 1 aromatic carbocycles. The molecule has 4 heteroatoms. The molecule has 0 heterocycles. The third-order valence-electron chi connectivity index (χ3n) is 1.58. The van der Waals surface area contributed by atoms with Gasteiger partial charge < -0.3 is 5.11 Å². The van der Waals surface area contributed by atoms with E-state index in [4.69, 9.17) is 5.11 Å². The van der Waals surface area contributed by atoms with Crippen LogP contribution in [0.1, 0.15) is 18.6 Å². The Kier molecular flexibility index (Phi) is 2.40. The molecule has 0 aliphatic carbocycles. The lowest BCUT2D eigenvalue weighted by Gasteiger charge is -2.03. The Balaban J connectivity index is 3.17. The van der Waals surface area contributed by atoms with Gasteiger partial charge in [0.25, 0.3) is 5.69 Å². The molecule has 64 valence electrons. The topological polar surface area (TPSA) is 63.4 Å². The van der Waals surface area contributed by atoms with Gasteiger partial charge in [0.05, 0.1) is 16.6 Å². The van der Waals surface area contributed by atoms with Crippen LogP contribution in [-0.2, 0) is 0 Å². The van der Waals surface area contributed by atoms with E-state index in [0.717, 1.165) is 0 Å². The third-order valence-corrected chi connectivity index (χ3v) is 1.58. The molecular weight excluding hydrogens is 160 g/mol. The molecule has 0 aromatic heterocycles. The van der Waals surface area contributed by atoms with Crippen molar-refractivity contribution in [3.05, 3.63) is 39.9 Å². The summed E-state index contributed by atoms with van der Waals surface area (Å²) < 4.78 is 0. The van der Waals surface area contributed by atoms with E-state index in [1.54, 1.807) is 18.2 Å². The van der Waals surface area contributed by atoms with Crippen LogP contribution in [0.4, 0.5) is 5.69 Å². The Labute approximate surface area is 69.6 Å². The van der Waals surface area contributed by atoms with Crippen molar-refractivity contribution in [2.45, 2.75) is 13.0 Å². The Morgan fingerprint density at radius 3 is 2.50 bits per heavy atom. The summed E-state index contributed by atoms with van der Waals surface area (Å²) in [5.74, 6) is 0. The Morgan fingerprint density at radius 2 is 2.08 bits per heavy atom. The van der Waals surface area contributed by atoms with E-state index in [9.17, 15) is 10.1 Å². The van der Waals surface area contributed by atoms with Crippen molar-refractivity contribution in [2.24, 2.45) is 0 Å². The van der Waals surface area contributed by atoms with Gasteiger partial charge in [0, 0.05) is 6.07 Å². The second kappa shape index (κ2) is 3.32. The molecule has 0 aliphatic heterocycles. The summed E-state index contributed by atoms with van der Waals surface area (Å²) in [5.41, 5.74) is 0.315. The molecule has 1 N–H and O–H groups in total. The molecule has 0 saturated heterocycles. The number of hydrogen-bond donors (Lipinski definition) is 1. The summed E-state index contributed by atoms with van der Waals surface area (Å²) in [6, 6.07) is 6.16. The predicted octanol–water partition coefficient (Wildman–Crippen LogP) is 1.65. The zero-order chi connectivity index (χ0) is 9.14.